The summed E-state index contributed by atoms with van der Waals surface area (Å²) in [5.74, 6) is -0.763. The topological polar surface area (TPSA) is 143 Å². The normalized spacial score (nSPS) is 11.0. The molecule has 4 aromatic rings. The van der Waals surface area contributed by atoms with E-state index in [2.05, 4.69) is 10.4 Å². The van der Waals surface area contributed by atoms with Crippen LogP contribution in [0.4, 0.5) is 10.7 Å². The van der Waals surface area contributed by atoms with E-state index in [0.29, 0.717) is 17.0 Å². The van der Waals surface area contributed by atoms with Gasteiger partial charge in [0, 0.05) is 35.0 Å². The molecule has 0 spiro atoms. The average Bonchev–Trinajstić information content (AvgIpc) is 3.32. The summed E-state index contributed by atoms with van der Waals surface area (Å²) in [6, 6.07) is 12.3. The lowest BCUT2D eigenvalue weighted by molar-refractivity contribution is -0.384. The molecule has 37 heavy (non-hydrogen) atoms. The molecule has 12 heteroatoms. The van der Waals surface area contributed by atoms with Gasteiger partial charge in [-0.1, -0.05) is 6.07 Å². The average molecular weight is 521 g/mol. The van der Waals surface area contributed by atoms with Gasteiger partial charge in [0.15, 0.2) is 5.69 Å². The monoisotopic (exact) mass is 520 g/mol. The van der Waals surface area contributed by atoms with Crippen LogP contribution >= 0.6 is 11.3 Å². The smallest absolute Gasteiger partial charge is 0.359 e. The van der Waals surface area contributed by atoms with Crippen molar-refractivity contribution in [1.29, 1.82) is 0 Å². The number of methoxy groups -OCH3 is 1. The van der Waals surface area contributed by atoms with Crippen molar-refractivity contribution in [2.75, 3.05) is 19.0 Å². The fourth-order valence-corrected chi connectivity index (χ4v) is 4.38. The van der Waals surface area contributed by atoms with Crippen LogP contribution in [0, 0.1) is 10.1 Å². The quantitative estimate of drug-likeness (QED) is 0.158. The first-order chi connectivity index (χ1) is 17.8. The number of nitrogens with one attached hydrogen (secondary N) is 1. The van der Waals surface area contributed by atoms with Gasteiger partial charge in [-0.25, -0.2) is 4.79 Å². The van der Waals surface area contributed by atoms with Crippen LogP contribution in [-0.2, 0) is 9.53 Å². The summed E-state index contributed by atoms with van der Waals surface area (Å²) in [6.45, 7) is 1.77. The van der Waals surface area contributed by atoms with Crippen LogP contribution in [0.25, 0.3) is 22.5 Å². The second-order valence-electron chi connectivity index (χ2n) is 7.51. The maximum Gasteiger partial charge on any atom is 0.359 e. The second kappa shape index (κ2) is 10.8. The van der Waals surface area contributed by atoms with E-state index in [9.17, 15) is 24.5 Å². The number of carbonyl (C=O) groups is 2. The van der Waals surface area contributed by atoms with Crippen molar-refractivity contribution in [2.24, 2.45) is 0 Å². The number of nitro benzene ring substituents is 1. The largest absolute Gasteiger partial charge is 0.497 e. The molecule has 1 N–H and O–H groups in total. The Kier molecular flexibility index (Phi) is 7.39. The molecule has 1 amide bonds. The number of anilines is 1. The van der Waals surface area contributed by atoms with Crippen molar-refractivity contribution in [3.8, 4) is 11.4 Å². The molecule has 2 aromatic heterocycles. The summed E-state index contributed by atoms with van der Waals surface area (Å²) in [5, 5.41) is 19.9. The third kappa shape index (κ3) is 5.38. The van der Waals surface area contributed by atoms with Gasteiger partial charge in [0.2, 0.25) is 5.91 Å². The zero-order chi connectivity index (χ0) is 26.5. The molecule has 0 bridgehead atoms. The zero-order valence-electron chi connectivity index (χ0n) is 19.7. The van der Waals surface area contributed by atoms with Crippen LogP contribution in [-0.4, -0.2) is 40.3 Å². The lowest BCUT2D eigenvalue weighted by Crippen LogP contribution is -2.25. The van der Waals surface area contributed by atoms with Gasteiger partial charge < -0.3 is 14.8 Å². The zero-order valence-corrected chi connectivity index (χ0v) is 20.5. The van der Waals surface area contributed by atoms with Crippen molar-refractivity contribution < 1.29 is 24.0 Å². The minimum Gasteiger partial charge on any atom is -0.497 e. The van der Waals surface area contributed by atoms with E-state index in [1.165, 1.54) is 43.5 Å². The predicted molar refractivity (Wildman–Crippen MR) is 138 cm³/mol. The molecular formula is C25H20N4O7S. The molecule has 0 aliphatic rings. The van der Waals surface area contributed by atoms with Gasteiger partial charge in [-0.2, -0.15) is 9.78 Å². The number of thiophene rings is 1. The summed E-state index contributed by atoms with van der Waals surface area (Å²) in [6.07, 6.45) is 2.72. The number of non-ortho nitro benzene ring substituents is 1. The lowest BCUT2D eigenvalue weighted by atomic mass is 10.2. The van der Waals surface area contributed by atoms with E-state index in [4.69, 9.17) is 9.47 Å². The molecule has 0 saturated heterocycles. The predicted octanol–water partition coefficient (Wildman–Crippen LogP) is 4.19. The Morgan fingerprint density at radius 2 is 1.97 bits per heavy atom. The fraction of sp³-hybridized carbons (Fsp3) is 0.120. The second-order valence-corrected chi connectivity index (χ2v) is 8.39. The van der Waals surface area contributed by atoms with Crippen molar-refractivity contribution in [3.05, 3.63) is 91.7 Å². The number of hydrogen-bond acceptors (Lipinski definition) is 9. The first kappa shape index (κ1) is 25.3. The number of amides is 1. The molecule has 0 radical (unpaired) electrons. The van der Waals surface area contributed by atoms with Gasteiger partial charge in [0.05, 0.1) is 29.7 Å². The van der Waals surface area contributed by atoms with Crippen molar-refractivity contribution in [3.63, 3.8) is 0 Å². The Balaban J connectivity index is 1.73. The molecule has 188 valence electrons. The highest BCUT2D eigenvalue weighted by Crippen LogP contribution is 2.31. The Bertz CT molecular complexity index is 1590. The van der Waals surface area contributed by atoms with Gasteiger partial charge in [-0.05, 0) is 42.8 Å². The number of hydrogen-bond donors (Lipinski definition) is 1. The van der Waals surface area contributed by atoms with Crippen LogP contribution in [0.2, 0.25) is 0 Å². The van der Waals surface area contributed by atoms with E-state index in [1.54, 1.807) is 36.6 Å². The van der Waals surface area contributed by atoms with E-state index in [0.717, 1.165) is 16.0 Å². The summed E-state index contributed by atoms with van der Waals surface area (Å²) in [7, 11) is 1.49. The Morgan fingerprint density at radius 1 is 1.22 bits per heavy atom. The number of rotatable bonds is 8. The molecule has 0 fully saturated rings. The van der Waals surface area contributed by atoms with Gasteiger partial charge >= 0.3 is 5.97 Å². The van der Waals surface area contributed by atoms with E-state index in [1.807, 2.05) is 0 Å². The number of aromatic nitrogens is 2. The van der Waals surface area contributed by atoms with Gasteiger partial charge in [0.1, 0.15) is 10.8 Å². The third-order valence-electron chi connectivity index (χ3n) is 5.19. The van der Waals surface area contributed by atoms with Crippen LogP contribution in [0.5, 0.6) is 5.75 Å². The lowest BCUT2D eigenvalue weighted by Gasteiger charge is -2.10. The minimum absolute atomic E-state index is 0.0648. The summed E-state index contributed by atoms with van der Waals surface area (Å²) in [4.78, 5) is 49.1. The van der Waals surface area contributed by atoms with Crippen LogP contribution in [0.1, 0.15) is 23.0 Å². The van der Waals surface area contributed by atoms with E-state index >= 15 is 0 Å². The molecular weight excluding hydrogens is 500 g/mol. The number of nitro groups is 1. The molecule has 2 aromatic carbocycles. The highest BCUT2D eigenvalue weighted by Gasteiger charge is 2.23. The molecule has 0 unspecified atom stereocenters. The molecule has 2 heterocycles. The molecule has 4 rings (SSSR count). The maximum absolute atomic E-state index is 13.5. The number of ether oxygens (including phenoxy) is 2. The first-order valence-corrected chi connectivity index (χ1v) is 11.8. The first-order valence-electron chi connectivity index (χ1n) is 10.9. The molecule has 0 atom stereocenters. The highest BCUT2D eigenvalue weighted by molar-refractivity contribution is 7.16. The van der Waals surface area contributed by atoms with E-state index < -0.39 is 22.4 Å². The van der Waals surface area contributed by atoms with Crippen LogP contribution in [0.3, 0.4) is 0 Å². The highest BCUT2D eigenvalue weighted by atomic mass is 32.1. The maximum atomic E-state index is 13.5. The molecule has 11 nitrogen and oxygen atoms in total. The SMILES string of the molecule is CCOC(=O)c1nn(-c2cccc(OC)c2)c(=O)c2c(NC(=O)/C=C/c3ccc([N+](=O)[O-])cc3)scc12. The van der Waals surface area contributed by atoms with Crippen LogP contribution < -0.4 is 15.6 Å². The minimum atomic E-state index is -0.710. The number of fused-ring (bicyclic) bond motifs is 1. The summed E-state index contributed by atoms with van der Waals surface area (Å²) >= 11 is 1.07. The van der Waals surface area contributed by atoms with E-state index in [-0.39, 0.29) is 33.8 Å². The molecule has 0 saturated carbocycles. The third-order valence-corrected chi connectivity index (χ3v) is 6.08. The van der Waals surface area contributed by atoms with Crippen molar-refractivity contribution in [2.45, 2.75) is 6.92 Å². The summed E-state index contributed by atoms with van der Waals surface area (Å²) < 4.78 is 11.4. The van der Waals surface area contributed by atoms with Crippen molar-refractivity contribution >= 4 is 50.8 Å². The molecule has 0 aliphatic heterocycles. The van der Waals surface area contributed by atoms with Crippen LogP contribution in [0.15, 0.2) is 64.8 Å². The fourth-order valence-electron chi connectivity index (χ4n) is 3.44. The number of carbonyl (C=O) groups excluding carboxylic acids is 2. The van der Waals surface area contributed by atoms with Crippen molar-refractivity contribution in [1.82, 2.24) is 9.78 Å². The molecule has 0 aliphatic carbocycles. The van der Waals surface area contributed by atoms with Gasteiger partial charge in [0.25, 0.3) is 11.2 Å². The standard InChI is InChI=1S/C25H20N4O7S/c1-3-36-25(32)22-19-14-37-23(26-20(30)12-9-15-7-10-16(11-8-15)29(33)34)21(19)24(31)28(27-22)17-5-4-6-18(13-17)35-2/h4-14H,3H2,1-2H3,(H,26,30)/b12-9+. The van der Waals surface area contributed by atoms with Gasteiger partial charge in [-0.15, -0.1) is 11.3 Å². The Labute approximate surface area is 213 Å². The number of esters is 1. The number of benzene rings is 2. The Morgan fingerprint density at radius 3 is 2.65 bits per heavy atom. The number of nitrogens with zero attached hydrogens (tertiary/aromatic N) is 3. The van der Waals surface area contributed by atoms with Gasteiger partial charge in [-0.3, -0.25) is 19.7 Å². The summed E-state index contributed by atoms with van der Waals surface area (Å²) in [5.41, 5.74) is 0.249. The Hall–Kier alpha value is -4.84.